The van der Waals surface area contributed by atoms with Crippen molar-refractivity contribution in [3.8, 4) is 0 Å². The standard InChI is InChI=1S/C14H22N2O/c1-15-14-7-8-16(10-14)9-12-3-5-13(6-4-12)11-17-2/h3-6,14-15H,7-11H2,1-2H3. The Hall–Kier alpha value is -0.900. The lowest BCUT2D eigenvalue weighted by atomic mass is 10.1. The van der Waals surface area contributed by atoms with Gasteiger partial charge in [0.1, 0.15) is 0 Å². The topological polar surface area (TPSA) is 24.5 Å². The average molecular weight is 234 g/mol. The maximum atomic E-state index is 5.11. The summed E-state index contributed by atoms with van der Waals surface area (Å²) in [6, 6.07) is 9.40. The van der Waals surface area contributed by atoms with E-state index in [9.17, 15) is 0 Å². The summed E-state index contributed by atoms with van der Waals surface area (Å²) in [6.45, 7) is 4.12. The van der Waals surface area contributed by atoms with Crippen LogP contribution >= 0.6 is 0 Å². The fourth-order valence-electron chi connectivity index (χ4n) is 2.38. The van der Waals surface area contributed by atoms with Crippen LogP contribution in [-0.2, 0) is 17.9 Å². The lowest BCUT2D eigenvalue weighted by Gasteiger charge is -2.16. The van der Waals surface area contributed by atoms with Gasteiger partial charge < -0.3 is 10.1 Å². The van der Waals surface area contributed by atoms with Gasteiger partial charge >= 0.3 is 0 Å². The zero-order chi connectivity index (χ0) is 12.1. The molecule has 1 aliphatic rings. The monoisotopic (exact) mass is 234 g/mol. The Balaban J connectivity index is 1.86. The molecule has 1 atom stereocenters. The Kier molecular flexibility index (Phi) is 4.54. The Morgan fingerprint density at radius 3 is 2.59 bits per heavy atom. The minimum absolute atomic E-state index is 0.669. The van der Waals surface area contributed by atoms with Crippen LogP contribution in [0, 0.1) is 0 Å². The lowest BCUT2D eigenvalue weighted by molar-refractivity contribution is 0.185. The molecular formula is C14H22N2O. The third-order valence-corrected chi connectivity index (χ3v) is 3.42. The van der Waals surface area contributed by atoms with E-state index >= 15 is 0 Å². The number of hydrogen-bond donors (Lipinski definition) is 1. The first-order chi connectivity index (χ1) is 8.31. The molecule has 1 aromatic carbocycles. The minimum atomic E-state index is 0.669. The quantitative estimate of drug-likeness (QED) is 0.838. The Morgan fingerprint density at radius 1 is 1.29 bits per heavy atom. The van der Waals surface area contributed by atoms with E-state index in [4.69, 9.17) is 4.74 Å². The molecule has 0 saturated carbocycles. The zero-order valence-electron chi connectivity index (χ0n) is 10.8. The molecule has 1 unspecified atom stereocenters. The van der Waals surface area contributed by atoms with Gasteiger partial charge in [-0.1, -0.05) is 24.3 Å². The van der Waals surface area contributed by atoms with E-state index in [0.29, 0.717) is 12.6 Å². The van der Waals surface area contributed by atoms with Crippen molar-refractivity contribution in [1.29, 1.82) is 0 Å². The summed E-state index contributed by atoms with van der Waals surface area (Å²) in [5.74, 6) is 0. The van der Waals surface area contributed by atoms with E-state index in [2.05, 4.69) is 34.5 Å². The second-order valence-corrected chi connectivity index (χ2v) is 4.76. The number of likely N-dealkylation sites (N-methyl/N-ethyl adjacent to an activating group) is 1. The van der Waals surface area contributed by atoms with Crippen LogP contribution in [0.15, 0.2) is 24.3 Å². The number of benzene rings is 1. The van der Waals surface area contributed by atoms with Crippen LogP contribution in [0.4, 0.5) is 0 Å². The van der Waals surface area contributed by atoms with Crippen molar-refractivity contribution in [1.82, 2.24) is 10.2 Å². The summed E-state index contributed by atoms with van der Waals surface area (Å²) in [6.07, 6.45) is 1.26. The highest BCUT2D eigenvalue weighted by Gasteiger charge is 2.20. The number of methoxy groups -OCH3 is 1. The smallest absolute Gasteiger partial charge is 0.0713 e. The van der Waals surface area contributed by atoms with Gasteiger partial charge in [0.25, 0.3) is 0 Å². The van der Waals surface area contributed by atoms with E-state index in [1.807, 2.05) is 7.05 Å². The van der Waals surface area contributed by atoms with Gasteiger partial charge in [-0.3, -0.25) is 4.90 Å². The van der Waals surface area contributed by atoms with Crippen LogP contribution in [0.1, 0.15) is 17.5 Å². The first-order valence-electron chi connectivity index (χ1n) is 6.28. The molecule has 0 aromatic heterocycles. The van der Waals surface area contributed by atoms with Crippen LogP contribution < -0.4 is 5.32 Å². The number of likely N-dealkylation sites (tertiary alicyclic amines) is 1. The molecule has 0 aliphatic carbocycles. The number of nitrogens with one attached hydrogen (secondary N) is 1. The summed E-state index contributed by atoms with van der Waals surface area (Å²) in [4.78, 5) is 2.51. The van der Waals surface area contributed by atoms with Crippen LogP contribution in [0.3, 0.4) is 0 Å². The number of ether oxygens (including phenoxy) is 1. The predicted octanol–water partition coefficient (Wildman–Crippen LogP) is 1.63. The second kappa shape index (κ2) is 6.15. The van der Waals surface area contributed by atoms with Crippen molar-refractivity contribution in [2.24, 2.45) is 0 Å². The second-order valence-electron chi connectivity index (χ2n) is 4.76. The molecule has 0 spiro atoms. The van der Waals surface area contributed by atoms with Crippen LogP contribution in [0.25, 0.3) is 0 Å². The molecule has 0 amide bonds. The number of nitrogens with zero attached hydrogens (tertiary/aromatic N) is 1. The average Bonchev–Trinajstić information content (AvgIpc) is 2.80. The molecule has 2 rings (SSSR count). The molecule has 1 heterocycles. The summed E-state index contributed by atoms with van der Waals surface area (Å²) in [7, 11) is 3.78. The lowest BCUT2D eigenvalue weighted by Crippen LogP contribution is -2.29. The minimum Gasteiger partial charge on any atom is -0.380 e. The molecule has 17 heavy (non-hydrogen) atoms. The first-order valence-corrected chi connectivity index (χ1v) is 6.28. The molecule has 0 bridgehead atoms. The summed E-state index contributed by atoms with van der Waals surface area (Å²) < 4.78 is 5.11. The van der Waals surface area contributed by atoms with Gasteiger partial charge in [0, 0.05) is 32.8 Å². The Bertz CT molecular complexity index is 337. The predicted molar refractivity (Wildman–Crippen MR) is 69.9 cm³/mol. The third-order valence-electron chi connectivity index (χ3n) is 3.42. The highest BCUT2D eigenvalue weighted by atomic mass is 16.5. The van der Waals surface area contributed by atoms with Gasteiger partial charge in [-0.2, -0.15) is 0 Å². The van der Waals surface area contributed by atoms with Crippen molar-refractivity contribution < 1.29 is 4.74 Å². The number of rotatable bonds is 5. The van der Waals surface area contributed by atoms with E-state index < -0.39 is 0 Å². The van der Waals surface area contributed by atoms with E-state index in [-0.39, 0.29) is 0 Å². The first kappa shape index (κ1) is 12.6. The van der Waals surface area contributed by atoms with Crippen molar-refractivity contribution in [2.75, 3.05) is 27.2 Å². The van der Waals surface area contributed by atoms with Gasteiger partial charge in [0.2, 0.25) is 0 Å². The molecule has 1 N–H and O–H groups in total. The molecule has 1 saturated heterocycles. The highest BCUT2D eigenvalue weighted by Crippen LogP contribution is 2.14. The molecule has 1 aliphatic heterocycles. The van der Waals surface area contributed by atoms with Crippen LogP contribution in [0.2, 0.25) is 0 Å². The zero-order valence-corrected chi connectivity index (χ0v) is 10.8. The van der Waals surface area contributed by atoms with Gasteiger partial charge in [0.05, 0.1) is 6.61 Å². The van der Waals surface area contributed by atoms with E-state index in [1.165, 1.54) is 24.1 Å². The summed E-state index contributed by atoms with van der Waals surface area (Å²) in [5.41, 5.74) is 2.63. The third kappa shape index (κ3) is 3.53. The fourth-order valence-corrected chi connectivity index (χ4v) is 2.38. The van der Waals surface area contributed by atoms with Gasteiger partial charge in [-0.05, 0) is 24.6 Å². The molecule has 1 aromatic rings. The normalized spacial score (nSPS) is 20.9. The maximum absolute atomic E-state index is 5.11. The number of hydrogen-bond acceptors (Lipinski definition) is 3. The molecule has 94 valence electrons. The van der Waals surface area contributed by atoms with Crippen molar-refractivity contribution in [3.05, 3.63) is 35.4 Å². The molecule has 3 nitrogen and oxygen atoms in total. The Morgan fingerprint density at radius 2 is 2.00 bits per heavy atom. The van der Waals surface area contributed by atoms with E-state index in [0.717, 1.165) is 13.1 Å². The molecule has 0 radical (unpaired) electrons. The van der Waals surface area contributed by atoms with Crippen LogP contribution in [0.5, 0.6) is 0 Å². The van der Waals surface area contributed by atoms with Gasteiger partial charge in [-0.15, -0.1) is 0 Å². The maximum Gasteiger partial charge on any atom is 0.0713 e. The van der Waals surface area contributed by atoms with E-state index in [1.54, 1.807) is 7.11 Å². The largest absolute Gasteiger partial charge is 0.380 e. The Labute approximate surface area is 104 Å². The molecular weight excluding hydrogens is 212 g/mol. The summed E-state index contributed by atoms with van der Waals surface area (Å²) in [5, 5.41) is 3.35. The van der Waals surface area contributed by atoms with Crippen LogP contribution in [-0.4, -0.2) is 38.2 Å². The van der Waals surface area contributed by atoms with Crippen molar-refractivity contribution >= 4 is 0 Å². The fraction of sp³-hybridized carbons (Fsp3) is 0.571. The highest BCUT2D eigenvalue weighted by molar-refractivity contribution is 5.22. The van der Waals surface area contributed by atoms with Gasteiger partial charge in [0.15, 0.2) is 0 Å². The van der Waals surface area contributed by atoms with Crippen molar-refractivity contribution in [2.45, 2.75) is 25.6 Å². The molecule has 1 fully saturated rings. The van der Waals surface area contributed by atoms with Crippen molar-refractivity contribution in [3.63, 3.8) is 0 Å². The SMILES string of the molecule is CNC1CCN(Cc2ccc(COC)cc2)C1. The molecule has 3 heteroatoms. The summed E-state index contributed by atoms with van der Waals surface area (Å²) >= 11 is 0. The van der Waals surface area contributed by atoms with Gasteiger partial charge in [-0.25, -0.2) is 0 Å².